The Bertz CT molecular complexity index is 429. The molecule has 0 amide bonds. The molecule has 0 saturated carbocycles. The van der Waals surface area contributed by atoms with Crippen LogP contribution in [0, 0.1) is 5.92 Å². The number of benzene rings is 1. The molecule has 0 radical (unpaired) electrons. The minimum Gasteiger partial charge on any atom is -0.250 e. The molecule has 0 N–H and O–H groups in total. The van der Waals surface area contributed by atoms with Gasteiger partial charge in [-0.2, -0.15) is 0 Å². The van der Waals surface area contributed by atoms with Crippen LogP contribution in [0.3, 0.4) is 0 Å². The molecule has 1 nitrogen and oxygen atoms in total. The molecule has 2 rings (SSSR count). The second kappa shape index (κ2) is 5.03. The van der Waals surface area contributed by atoms with Crippen molar-refractivity contribution in [2.75, 3.05) is 0 Å². The van der Waals surface area contributed by atoms with Crippen LogP contribution in [0.1, 0.15) is 19.8 Å². The Kier molecular flexibility index (Phi) is 3.67. The van der Waals surface area contributed by atoms with Gasteiger partial charge in [0.25, 0.3) is 0 Å². The molecule has 1 aromatic rings. The number of para-hydroxylation sites is 1. The first kappa shape index (κ1) is 11.7. The van der Waals surface area contributed by atoms with Crippen LogP contribution >= 0.6 is 23.2 Å². The van der Waals surface area contributed by atoms with Crippen LogP contribution in [0.4, 0.5) is 5.69 Å². The Hall–Kier alpha value is -0.790. The van der Waals surface area contributed by atoms with Gasteiger partial charge in [0.05, 0.1) is 10.0 Å². The van der Waals surface area contributed by atoms with E-state index in [-0.39, 0.29) is 0 Å². The predicted molar refractivity (Wildman–Crippen MR) is 71.1 cm³/mol. The number of aliphatic imine (C=N–C) groups is 1. The molecule has 0 saturated heterocycles. The smallest absolute Gasteiger partial charge is 0.100 e. The van der Waals surface area contributed by atoms with Crippen molar-refractivity contribution in [3.63, 3.8) is 0 Å². The van der Waals surface area contributed by atoms with Crippen molar-refractivity contribution in [3.05, 3.63) is 40.4 Å². The van der Waals surface area contributed by atoms with E-state index in [2.05, 4.69) is 24.1 Å². The van der Waals surface area contributed by atoms with Crippen molar-refractivity contribution in [1.29, 1.82) is 0 Å². The molecule has 0 heterocycles. The lowest BCUT2D eigenvalue weighted by Crippen LogP contribution is -2.04. The molecular weight excluding hydrogens is 241 g/mol. The lowest BCUT2D eigenvalue weighted by molar-refractivity contribution is 0.660. The van der Waals surface area contributed by atoms with Crippen molar-refractivity contribution in [2.45, 2.75) is 19.8 Å². The van der Waals surface area contributed by atoms with Gasteiger partial charge in [0.15, 0.2) is 0 Å². The minimum atomic E-state index is 0.604. The molecule has 0 fully saturated rings. The number of halogens is 2. The molecule has 0 bridgehead atoms. The second-order valence-electron chi connectivity index (χ2n) is 4.05. The Labute approximate surface area is 106 Å². The van der Waals surface area contributed by atoms with E-state index in [1.807, 2.05) is 18.2 Å². The average Bonchev–Trinajstić information content (AvgIpc) is 2.26. The zero-order valence-corrected chi connectivity index (χ0v) is 10.6. The van der Waals surface area contributed by atoms with Gasteiger partial charge >= 0.3 is 0 Å². The van der Waals surface area contributed by atoms with Crippen LogP contribution < -0.4 is 0 Å². The van der Waals surface area contributed by atoms with Gasteiger partial charge < -0.3 is 0 Å². The Morgan fingerprint density at radius 1 is 1.25 bits per heavy atom. The molecule has 1 aliphatic rings. The summed E-state index contributed by atoms with van der Waals surface area (Å²) < 4.78 is 0. The van der Waals surface area contributed by atoms with Gasteiger partial charge in [0.2, 0.25) is 0 Å². The quantitative estimate of drug-likeness (QED) is 0.664. The summed E-state index contributed by atoms with van der Waals surface area (Å²) in [5, 5.41) is 1.21. The molecule has 84 valence electrons. The second-order valence-corrected chi connectivity index (χ2v) is 4.86. The fourth-order valence-corrected chi connectivity index (χ4v) is 2.15. The van der Waals surface area contributed by atoms with Gasteiger partial charge in [0.1, 0.15) is 5.69 Å². The maximum absolute atomic E-state index is 6.06. The average molecular weight is 254 g/mol. The largest absolute Gasteiger partial charge is 0.250 e. The highest BCUT2D eigenvalue weighted by Gasteiger charge is 2.09. The Morgan fingerprint density at radius 3 is 2.50 bits per heavy atom. The summed E-state index contributed by atoms with van der Waals surface area (Å²) in [6.07, 6.45) is 6.36. The first-order valence-corrected chi connectivity index (χ1v) is 6.12. The van der Waals surface area contributed by atoms with Crippen LogP contribution in [0.25, 0.3) is 0 Å². The van der Waals surface area contributed by atoms with Crippen LogP contribution in [-0.2, 0) is 0 Å². The summed E-state index contributed by atoms with van der Waals surface area (Å²) in [5.41, 5.74) is 1.73. The molecule has 1 atom stereocenters. The van der Waals surface area contributed by atoms with E-state index in [0.717, 1.165) is 18.6 Å². The van der Waals surface area contributed by atoms with Crippen molar-refractivity contribution in [2.24, 2.45) is 10.9 Å². The highest BCUT2D eigenvalue weighted by atomic mass is 35.5. The number of allylic oxidation sites excluding steroid dienone is 2. The zero-order chi connectivity index (χ0) is 11.5. The van der Waals surface area contributed by atoms with Gasteiger partial charge in [-0.3, -0.25) is 4.99 Å². The molecule has 0 aromatic heterocycles. The summed E-state index contributed by atoms with van der Waals surface area (Å²) in [6.45, 7) is 2.20. The summed E-state index contributed by atoms with van der Waals surface area (Å²) in [6, 6.07) is 5.44. The number of nitrogens with zero attached hydrogens (tertiary/aromatic N) is 1. The van der Waals surface area contributed by atoms with Gasteiger partial charge in [0, 0.05) is 5.71 Å². The van der Waals surface area contributed by atoms with E-state index in [9.17, 15) is 0 Å². The normalized spacial score (nSPS) is 22.7. The summed E-state index contributed by atoms with van der Waals surface area (Å²) in [4.78, 5) is 4.52. The highest BCUT2D eigenvalue weighted by molar-refractivity contribution is 6.38. The topological polar surface area (TPSA) is 12.4 Å². The van der Waals surface area contributed by atoms with E-state index in [4.69, 9.17) is 23.2 Å². The molecule has 1 unspecified atom stereocenters. The zero-order valence-electron chi connectivity index (χ0n) is 9.08. The third-order valence-corrected chi connectivity index (χ3v) is 3.28. The monoisotopic (exact) mass is 253 g/mol. The molecule has 3 heteroatoms. The molecule has 16 heavy (non-hydrogen) atoms. The van der Waals surface area contributed by atoms with Crippen LogP contribution in [0.15, 0.2) is 35.3 Å². The van der Waals surface area contributed by atoms with E-state index < -0.39 is 0 Å². The lowest BCUT2D eigenvalue weighted by Gasteiger charge is -2.13. The highest BCUT2D eigenvalue weighted by Crippen LogP contribution is 2.33. The van der Waals surface area contributed by atoms with Gasteiger partial charge in [-0.1, -0.05) is 42.3 Å². The predicted octanol–water partition coefficient (Wildman–Crippen LogP) is 5.05. The standard InChI is InChI=1S/C13H13Cl2N/c1-9-5-7-10(8-6-9)16-13-11(14)3-2-4-12(13)15/h2-5,7,9H,6,8H2,1H3. The summed E-state index contributed by atoms with van der Waals surface area (Å²) >= 11 is 12.1. The maximum atomic E-state index is 6.06. The number of hydrogen-bond acceptors (Lipinski definition) is 1. The summed E-state index contributed by atoms with van der Waals surface area (Å²) in [5.74, 6) is 0.640. The molecule has 0 aliphatic heterocycles. The fraction of sp³-hybridized carbons (Fsp3) is 0.308. The fourth-order valence-electron chi connectivity index (χ4n) is 1.66. The summed E-state index contributed by atoms with van der Waals surface area (Å²) in [7, 11) is 0. The first-order valence-electron chi connectivity index (χ1n) is 5.36. The Balaban J connectivity index is 2.33. The van der Waals surface area contributed by atoms with E-state index in [1.54, 1.807) is 0 Å². The van der Waals surface area contributed by atoms with Crippen molar-refractivity contribution in [1.82, 2.24) is 0 Å². The van der Waals surface area contributed by atoms with E-state index in [0.29, 0.717) is 21.7 Å². The third-order valence-electron chi connectivity index (χ3n) is 2.67. The number of rotatable bonds is 1. The third kappa shape index (κ3) is 2.66. The van der Waals surface area contributed by atoms with E-state index >= 15 is 0 Å². The maximum Gasteiger partial charge on any atom is 0.100 e. The first-order chi connectivity index (χ1) is 7.66. The van der Waals surface area contributed by atoms with E-state index in [1.165, 1.54) is 0 Å². The molecule has 0 spiro atoms. The molecule has 1 aliphatic carbocycles. The SMILES string of the molecule is CC1C=CC(=Nc2c(Cl)cccc2Cl)CC1. The minimum absolute atomic E-state index is 0.604. The van der Waals surface area contributed by atoms with Crippen molar-refractivity contribution < 1.29 is 0 Å². The van der Waals surface area contributed by atoms with Crippen LogP contribution in [0.2, 0.25) is 10.0 Å². The number of hydrogen-bond donors (Lipinski definition) is 0. The van der Waals surface area contributed by atoms with Gasteiger partial charge in [-0.25, -0.2) is 0 Å². The van der Waals surface area contributed by atoms with Crippen molar-refractivity contribution in [3.8, 4) is 0 Å². The van der Waals surface area contributed by atoms with Crippen LogP contribution in [-0.4, -0.2) is 5.71 Å². The van der Waals surface area contributed by atoms with Crippen molar-refractivity contribution >= 4 is 34.6 Å². The van der Waals surface area contributed by atoms with Crippen LogP contribution in [0.5, 0.6) is 0 Å². The Morgan fingerprint density at radius 2 is 1.94 bits per heavy atom. The lowest BCUT2D eigenvalue weighted by atomic mass is 9.96. The van der Waals surface area contributed by atoms with Gasteiger partial charge in [-0.05, 0) is 37.0 Å². The van der Waals surface area contributed by atoms with Gasteiger partial charge in [-0.15, -0.1) is 0 Å². The molecular formula is C13H13Cl2N. The molecule has 1 aromatic carbocycles.